The number of benzene rings is 1. The summed E-state index contributed by atoms with van der Waals surface area (Å²) in [6.07, 6.45) is 4.57. The molecule has 1 aromatic rings. The minimum Gasteiger partial charge on any atom is -0.508 e. The lowest BCUT2D eigenvalue weighted by molar-refractivity contribution is 0.466. The number of rotatable bonds is 4. The second-order valence-corrected chi connectivity index (χ2v) is 4.15. The maximum atomic E-state index is 9.51. The van der Waals surface area contributed by atoms with E-state index in [9.17, 15) is 5.11 Å². The Morgan fingerprint density at radius 3 is 2.77 bits per heavy atom. The van der Waals surface area contributed by atoms with Gasteiger partial charge in [-0.05, 0) is 36.6 Å². The summed E-state index contributed by atoms with van der Waals surface area (Å²) >= 11 is 3.39. The topological polar surface area (TPSA) is 20.2 Å². The molecule has 2 heteroatoms. The highest BCUT2D eigenvalue weighted by Gasteiger charge is 2.00. The van der Waals surface area contributed by atoms with Crippen molar-refractivity contribution in [3.05, 3.63) is 28.2 Å². The fourth-order valence-electron chi connectivity index (χ4n) is 1.32. The van der Waals surface area contributed by atoms with Gasteiger partial charge in [0.2, 0.25) is 0 Å². The summed E-state index contributed by atoms with van der Waals surface area (Å²) < 4.78 is 1.04. The summed E-state index contributed by atoms with van der Waals surface area (Å²) in [7, 11) is 0. The van der Waals surface area contributed by atoms with Gasteiger partial charge < -0.3 is 5.11 Å². The molecule has 0 aromatic heterocycles. The van der Waals surface area contributed by atoms with Crippen LogP contribution < -0.4 is 0 Å². The van der Waals surface area contributed by atoms with Crippen molar-refractivity contribution in [3.8, 4) is 5.75 Å². The molecule has 0 amide bonds. The van der Waals surface area contributed by atoms with Gasteiger partial charge in [-0.25, -0.2) is 0 Å². The van der Waals surface area contributed by atoms with Crippen molar-refractivity contribution in [2.24, 2.45) is 0 Å². The van der Waals surface area contributed by atoms with Crippen LogP contribution in [0.15, 0.2) is 22.7 Å². The van der Waals surface area contributed by atoms with Crippen molar-refractivity contribution in [1.29, 1.82) is 0 Å². The molecule has 0 aliphatic heterocycles. The van der Waals surface area contributed by atoms with Crippen LogP contribution >= 0.6 is 15.9 Å². The third-order valence-corrected chi connectivity index (χ3v) is 2.58. The highest BCUT2D eigenvalue weighted by molar-refractivity contribution is 9.10. The molecule has 0 aliphatic carbocycles. The fourth-order valence-corrected chi connectivity index (χ4v) is 1.73. The SMILES string of the molecule is CCCCCc1cc(Br)ccc1O. The van der Waals surface area contributed by atoms with Crippen molar-refractivity contribution < 1.29 is 5.11 Å². The zero-order valence-electron chi connectivity index (χ0n) is 7.89. The normalized spacial score (nSPS) is 10.3. The zero-order chi connectivity index (χ0) is 9.68. The maximum Gasteiger partial charge on any atom is 0.118 e. The molecule has 13 heavy (non-hydrogen) atoms. The minimum atomic E-state index is 0.416. The molecular weight excluding hydrogens is 228 g/mol. The van der Waals surface area contributed by atoms with Crippen LogP contribution in [0.25, 0.3) is 0 Å². The summed E-state index contributed by atoms with van der Waals surface area (Å²) in [5.41, 5.74) is 1.04. The number of halogens is 1. The van der Waals surface area contributed by atoms with E-state index in [0.29, 0.717) is 5.75 Å². The predicted octanol–water partition coefficient (Wildman–Crippen LogP) is 3.89. The predicted molar refractivity (Wildman–Crippen MR) is 59.0 cm³/mol. The van der Waals surface area contributed by atoms with E-state index in [1.165, 1.54) is 12.8 Å². The molecule has 0 atom stereocenters. The van der Waals surface area contributed by atoms with Gasteiger partial charge in [-0.3, -0.25) is 0 Å². The molecule has 0 saturated heterocycles. The van der Waals surface area contributed by atoms with Gasteiger partial charge in [0.05, 0.1) is 0 Å². The number of hydrogen-bond acceptors (Lipinski definition) is 1. The van der Waals surface area contributed by atoms with E-state index in [-0.39, 0.29) is 0 Å². The lowest BCUT2D eigenvalue weighted by Gasteiger charge is -2.04. The van der Waals surface area contributed by atoms with E-state index >= 15 is 0 Å². The average Bonchev–Trinajstić information content (AvgIpc) is 2.11. The van der Waals surface area contributed by atoms with Gasteiger partial charge in [0.1, 0.15) is 5.75 Å². The van der Waals surface area contributed by atoms with Crippen LogP contribution in [0.2, 0.25) is 0 Å². The Hall–Kier alpha value is -0.500. The third-order valence-electron chi connectivity index (χ3n) is 2.09. The van der Waals surface area contributed by atoms with Crippen molar-refractivity contribution in [1.82, 2.24) is 0 Å². The number of hydrogen-bond donors (Lipinski definition) is 1. The number of phenols is 1. The van der Waals surface area contributed by atoms with Crippen molar-refractivity contribution >= 4 is 15.9 Å². The highest BCUT2D eigenvalue weighted by atomic mass is 79.9. The van der Waals surface area contributed by atoms with Gasteiger partial charge >= 0.3 is 0 Å². The molecular formula is C11H15BrO. The van der Waals surface area contributed by atoms with E-state index in [2.05, 4.69) is 22.9 Å². The standard InChI is InChI=1S/C11H15BrO/c1-2-3-4-5-9-8-10(12)6-7-11(9)13/h6-8,13H,2-5H2,1H3. The van der Waals surface area contributed by atoms with Crippen molar-refractivity contribution in [2.75, 3.05) is 0 Å². The molecule has 0 unspecified atom stereocenters. The number of aryl methyl sites for hydroxylation is 1. The van der Waals surface area contributed by atoms with Crippen molar-refractivity contribution in [3.63, 3.8) is 0 Å². The molecule has 0 heterocycles. The van der Waals surface area contributed by atoms with Crippen LogP contribution in [0.5, 0.6) is 5.75 Å². The maximum absolute atomic E-state index is 9.51. The first-order valence-electron chi connectivity index (χ1n) is 4.71. The van der Waals surface area contributed by atoms with Gasteiger partial charge in [0, 0.05) is 4.47 Å². The Labute approximate surface area is 87.9 Å². The highest BCUT2D eigenvalue weighted by Crippen LogP contribution is 2.23. The smallest absolute Gasteiger partial charge is 0.118 e. The number of unbranched alkanes of at least 4 members (excludes halogenated alkanes) is 2. The first-order valence-corrected chi connectivity index (χ1v) is 5.50. The molecule has 1 rings (SSSR count). The van der Waals surface area contributed by atoms with Crippen molar-refractivity contribution in [2.45, 2.75) is 32.6 Å². The van der Waals surface area contributed by atoms with Gasteiger partial charge in [-0.2, -0.15) is 0 Å². The summed E-state index contributed by atoms with van der Waals surface area (Å²) in [6, 6.07) is 5.59. The Morgan fingerprint density at radius 2 is 2.08 bits per heavy atom. The summed E-state index contributed by atoms with van der Waals surface area (Å²) in [4.78, 5) is 0. The van der Waals surface area contributed by atoms with Crippen LogP contribution in [0.4, 0.5) is 0 Å². The lowest BCUT2D eigenvalue weighted by atomic mass is 10.1. The van der Waals surface area contributed by atoms with Gasteiger partial charge in [0.15, 0.2) is 0 Å². The molecule has 1 aromatic carbocycles. The van der Waals surface area contributed by atoms with E-state index in [0.717, 1.165) is 22.9 Å². The molecule has 0 fully saturated rings. The molecule has 72 valence electrons. The molecule has 0 spiro atoms. The molecule has 0 aliphatic rings. The average molecular weight is 243 g/mol. The first kappa shape index (κ1) is 10.6. The number of phenolic OH excluding ortho intramolecular Hbond substituents is 1. The van der Waals surface area contributed by atoms with E-state index in [1.807, 2.05) is 12.1 Å². The largest absolute Gasteiger partial charge is 0.508 e. The van der Waals surface area contributed by atoms with E-state index < -0.39 is 0 Å². The summed E-state index contributed by atoms with van der Waals surface area (Å²) in [5, 5.41) is 9.51. The Bertz CT molecular complexity index is 271. The monoisotopic (exact) mass is 242 g/mol. The second-order valence-electron chi connectivity index (χ2n) is 3.23. The second kappa shape index (κ2) is 5.28. The quantitative estimate of drug-likeness (QED) is 0.795. The molecule has 1 N–H and O–H groups in total. The lowest BCUT2D eigenvalue weighted by Crippen LogP contribution is -1.86. The minimum absolute atomic E-state index is 0.416. The van der Waals surface area contributed by atoms with Crippen LogP contribution in [0.1, 0.15) is 31.7 Å². The zero-order valence-corrected chi connectivity index (χ0v) is 9.47. The van der Waals surface area contributed by atoms with E-state index in [4.69, 9.17) is 0 Å². The third kappa shape index (κ3) is 3.39. The summed E-state index contributed by atoms with van der Waals surface area (Å²) in [6.45, 7) is 2.18. The Balaban J connectivity index is 2.59. The van der Waals surface area contributed by atoms with E-state index in [1.54, 1.807) is 6.07 Å². The summed E-state index contributed by atoms with van der Waals surface area (Å²) in [5.74, 6) is 0.416. The Kier molecular flexibility index (Phi) is 4.29. The molecule has 0 radical (unpaired) electrons. The Morgan fingerprint density at radius 1 is 1.31 bits per heavy atom. The molecule has 1 nitrogen and oxygen atoms in total. The molecule has 0 saturated carbocycles. The molecule has 0 bridgehead atoms. The van der Waals surface area contributed by atoms with Crippen LogP contribution in [0.3, 0.4) is 0 Å². The first-order chi connectivity index (χ1) is 6.24. The number of aromatic hydroxyl groups is 1. The fraction of sp³-hybridized carbons (Fsp3) is 0.455. The van der Waals surface area contributed by atoms with Gasteiger partial charge in [0.25, 0.3) is 0 Å². The van der Waals surface area contributed by atoms with Crippen LogP contribution in [-0.2, 0) is 6.42 Å². The van der Waals surface area contributed by atoms with Crippen LogP contribution in [0, 0.1) is 0 Å². The van der Waals surface area contributed by atoms with Gasteiger partial charge in [-0.15, -0.1) is 0 Å². The van der Waals surface area contributed by atoms with Crippen LogP contribution in [-0.4, -0.2) is 5.11 Å². The van der Waals surface area contributed by atoms with Gasteiger partial charge in [-0.1, -0.05) is 35.7 Å².